The van der Waals surface area contributed by atoms with Crippen LogP contribution >= 0.6 is 0 Å². The third-order valence-electron chi connectivity index (χ3n) is 3.79. The molecule has 0 aliphatic heterocycles. The fourth-order valence-corrected chi connectivity index (χ4v) is 1.87. The van der Waals surface area contributed by atoms with Crippen molar-refractivity contribution >= 4 is 24.0 Å². The van der Waals surface area contributed by atoms with Gasteiger partial charge in [-0.3, -0.25) is 0 Å². The number of carboxylic acids is 2. The number of carbonyl (C=O) groups is 3. The summed E-state index contributed by atoms with van der Waals surface area (Å²) in [7, 11) is 0. The second-order valence-electron chi connectivity index (χ2n) is 7.44. The molecule has 0 fully saturated rings. The van der Waals surface area contributed by atoms with Gasteiger partial charge in [0.25, 0.3) is 0 Å². The highest BCUT2D eigenvalue weighted by Crippen LogP contribution is 2.02. The maximum Gasteiger partial charge on any atom is 0.333 e. The van der Waals surface area contributed by atoms with Crippen molar-refractivity contribution in [3.8, 4) is 0 Å². The highest BCUT2D eigenvalue weighted by molar-refractivity contribution is 5.87. The maximum atomic E-state index is 11.0. The molecule has 2 aromatic rings. The molecule has 0 spiro atoms. The molecule has 36 heavy (non-hydrogen) atoms. The predicted molar refractivity (Wildman–Crippen MR) is 143 cm³/mol. The first-order valence-electron chi connectivity index (χ1n) is 10.8. The van der Waals surface area contributed by atoms with Crippen LogP contribution in [0.25, 0.3) is 6.08 Å². The van der Waals surface area contributed by atoms with Gasteiger partial charge in [-0.25, -0.2) is 14.4 Å². The Balaban J connectivity index is 0. The summed E-state index contributed by atoms with van der Waals surface area (Å²) >= 11 is 0. The number of hydrogen-bond acceptors (Lipinski definition) is 5. The molecule has 7 nitrogen and oxygen atoms in total. The Morgan fingerprint density at radius 2 is 1.31 bits per heavy atom. The monoisotopic (exact) mass is 496 g/mol. The number of ether oxygens (including phenoxy) is 1. The lowest BCUT2D eigenvalue weighted by molar-refractivity contribution is -0.140. The van der Waals surface area contributed by atoms with Gasteiger partial charge < -0.3 is 20.1 Å². The topological polar surface area (TPSA) is 121 Å². The van der Waals surface area contributed by atoms with Gasteiger partial charge in [0, 0.05) is 16.7 Å². The molecule has 194 valence electrons. The molecule has 2 rings (SSSR count). The molecule has 0 amide bonds. The number of aliphatic hydroxyl groups excluding tert-OH is 1. The standard InChI is InChI=1S/C11H12O2.C8H8.C6H10O3.C4H6O2/c1-9(2)11(12)13-8-10-6-4-3-5-7-10;1-2-8-6-4-3-5-7-8;1-4(6(8)9)3-5(2)7;1-3(2)4(5)6/h3-7H,1,8H2,2H3;2-7H,1H2;3,5,7H,1-2H3,(H,8,9);1H2,2H3,(H,5,6)/b;;4-3+;. The lowest BCUT2D eigenvalue weighted by Crippen LogP contribution is -2.04. The maximum absolute atomic E-state index is 11.0. The van der Waals surface area contributed by atoms with Crippen LogP contribution in [-0.2, 0) is 25.7 Å². The van der Waals surface area contributed by atoms with Crippen molar-refractivity contribution in [2.45, 2.75) is 40.4 Å². The van der Waals surface area contributed by atoms with E-state index in [1.54, 1.807) is 6.92 Å². The van der Waals surface area contributed by atoms with Gasteiger partial charge in [0.15, 0.2) is 0 Å². The van der Waals surface area contributed by atoms with E-state index in [-0.39, 0.29) is 17.1 Å². The first kappa shape index (κ1) is 33.9. The van der Waals surface area contributed by atoms with Gasteiger partial charge in [-0.2, -0.15) is 0 Å². The third kappa shape index (κ3) is 20.4. The summed E-state index contributed by atoms with van der Waals surface area (Å²) in [6.45, 7) is 16.6. The SMILES string of the molecule is C/C(=C\C(C)O)C(=O)O.C=C(C)C(=O)O.C=C(C)C(=O)OCc1ccccc1.C=Cc1ccccc1. The zero-order chi connectivity index (χ0) is 28.1. The summed E-state index contributed by atoms with van der Waals surface area (Å²) in [4.78, 5) is 30.6. The lowest BCUT2D eigenvalue weighted by Gasteiger charge is -2.03. The van der Waals surface area contributed by atoms with E-state index in [4.69, 9.17) is 20.1 Å². The predicted octanol–water partition coefficient (Wildman–Crippen LogP) is 5.68. The minimum Gasteiger partial charge on any atom is -0.478 e. The van der Waals surface area contributed by atoms with E-state index in [1.807, 2.05) is 66.7 Å². The van der Waals surface area contributed by atoms with Crippen LogP contribution in [-0.4, -0.2) is 39.3 Å². The van der Waals surface area contributed by atoms with Crippen LogP contribution in [0.2, 0.25) is 0 Å². The first-order chi connectivity index (χ1) is 16.8. The summed E-state index contributed by atoms with van der Waals surface area (Å²) in [5.41, 5.74) is 2.93. The molecule has 0 saturated heterocycles. The van der Waals surface area contributed by atoms with Gasteiger partial charge in [0.2, 0.25) is 0 Å². The molecule has 1 unspecified atom stereocenters. The number of carboxylic acid groups (broad SMARTS) is 2. The molecule has 1 atom stereocenters. The molecule has 0 aromatic heterocycles. The summed E-state index contributed by atoms with van der Waals surface area (Å²) in [5.74, 6) is -2.27. The van der Waals surface area contributed by atoms with E-state index in [0.29, 0.717) is 12.2 Å². The average Bonchev–Trinajstić information content (AvgIpc) is 2.84. The highest BCUT2D eigenvalue weighted by atomic mass is 16.5. The number of hydrogen-bond donors (Lipinski definition) is 3. The van der Waals surface area contributed by atoms with Gasteiger partial charge in [0.05, 0.1) is 6.10 Å². The van der Waals surface area contributed by atoms with Crippen LogP contribution in [0.1, 0.15) is 38.8 Å². The molecular weight excluding hydrogens is 460 g/mol. The summed E-state index contributed by atoms with van der Waals surface area (Å²) < 4.78 is 4.95. The minimum absolute atomic E-state index is 0.171. The zero-order valence-electron chi connectivity index (χ0n) is 21.3. The van der Waals surface area contributed by atoms with Gasteiger partial charge in [-0.1, -0.05) is 86.5 Å². The van der Waals surface area contributed by atoms with E-state index >= 15 is 0 Å². The average molecular weight is 497 g/mol. The van der Waals surface area contributed by atoms with Crippen LogP contribution < -0.4 is 0 Å². The Bertz CT molecular complexity index is 992. The van der Waals surface area contributed by atoms with Crippen molar-refractivity contribution in [2.75, 3.05) is 0 Å². The molecule has 2 aromatic carbocycles. The highest BCUT2D eigenvalue weighted by Gasteiger charge is 2.02. The molecule has 0 aliphatic carbocycles. The number of aliphatic hydroxyl groups is 1. The number of carbonyl (C=O) groups excluding carboxylic acids is 1. The molecule has 0 saturated carbocycles. The van der Waals surface area contributed by atoms with Crippen molar-refractivity contribution in [1.29, 1.82) is 0 Å². The fraction of sp³-hybridized carbons (Fsp3) is 0.207. The largest absolute Gasteiger partial charge is 0.478 e. The van der Waals surface area contributed by atoms with Gasteiger partial charge in [-0.05, 0) is 44.9 Å². The van der Waals surface area contributed by atoms with Crippen molar-refractivity contribution in [2.24, 2.45) is 0 Å². The van der Waals surface area contributed by atoms with E-state index in [9.17, 15) is 14.4 Å². The van der Waals surface area contributed by atoms with Crippen LogP contribution in [0.3, 0.4) is 0 Å². The van der Waals surface area contributed by atoms with E-state index < -0.39 is 18.0 Å². The van der Waals surface area contributed by atoms with Gasteiger partial charge >= 0.3 is 17.9 Å². The Kier molecular flexibility index (Phi) is 19.0. The van der Waals surface area contributed by atoms with Crippen molar-refractivity contribution in [1.82, 2.24) is 0 Å². The molecular formula is C29H36O7. The number of aliphatic carboxylic acids is 2. The van der Waals surface area contributed by atoms with Gasteiger partial charge in [-0.15, -0.1) is 0 Å². The Morgan fingerprint density at radius 3 is 1.58 bits per heavy atom. The fourth-order valence-electron chi connectivity index (χ4n) is 1.87. The summed E-state index contributed by atoms with van der Waals surface area (Å²) in [5, 5.41) is 24.8. The number of rotatable bonds is 7. The second kappa shape index (κ2) is 20.2. The second-order valence-corrected chi connectivity index (χ2v) is 7.44. The Morgan fingerprint density at radius 1 is 0.861 bits per heavy atom. The van der Waals surface area contributed by atoms with E-state index in [0.717, 1.165) is 5.56 Å². The molecule has 0 radical (unpaired) electrons. The summed E-state index contributed by atoms with van der Waals surface area (Å²) in [6.07, 6.45) is 2.43. The normalized spacial score (nSPS) is 10.3. The Labute approximate surface area is 213 Å². The number of esters is 1. The van der Waals surface area contributed by atoms with Crippen LogP contribution in [0.4, 0.5) is 0 Å². The van der Waals surface area contributed by atoms with Crippen LogP contribution in [0, 0.1) is 0 Å². The van der Waals surface area contributed by atoms with E-state index in [2.05, 4.69) is 19.7 Å². The minimum atomic E-state index is -0.990. The van der Waals surface area contributed by atoms with Crippen LogP contribution in [0.15, 0.2) is 103 Å². The zero-order valence-corrected chi connectivity index (χ0v) is 21.3. The van der Waals surface area contributed by atoms with Crippen molar-refractivity contribution < 1.29 is 34.4 Å². The molecule has 7 heteroatoms. The molecule has 3 N–H and O–H groups in total. The first-order valence-corrected chi connectivity index (χ1v) is 10.8. The molecule has 0 bridgehead atoms. The molecule has 0 aliphatic rings. The lowest BCUT2D eigenvalue weighted by atomic mass is 10.2. The Hall–Kier alpha value is -4.23. The van der Waals surface area contributed by atoms with Crippen LogP contribution in [0.5, 0.6) is 0 Å². The van der Waals surface area contributed by atoms with Gasteiger partial charge in [0.1, 0.15) is 6.61 Å². The summed E-state index contributed by atoms with van der Waals surface area (Å²) in [6, 6.07) is 19.6. The third-order valence-corrected chi connectivity index (χ3v) is 3.79. The van der Waals surface area contributed by atoms with E-state index in [1.165, 1.54) is 32.4 Å². The number of benzene rings is 2. The molecule has 0 heterocycles. The quantitative estimate of drug-likeness (QED) is 0.333. The van der Waals surface area contributed by atoms with Crippen molar-refractivity contribution in [3.63, 3.8) is 0 Å². The smallest absolute Gasteiger partial charge is 0.333 e. The van der Waals surface area contributed by atoms with Crippen molar-refractivity contribution in [3.05, 3.63) is 114 Å².